The summed E-state index contributed by atoms with van der Waals surface area (Å²) in [4.78, 5) is 11.9. The van der Waals surface area contributed by atoms with Crippen molar-refractivity contribution in [3.63, 3.8) is 0 Å². The molecule has 0 aliphatic rings. The van der Waals surface area contributed by atoms with Gasteiger partial charge >= 0.3 is 0 Å². The van der Waals surface area contributed by atoms with Crippen LogP contribution in [0.5, 0.6) is 5.75 Å². The van der Waals surface area contributed by atoms with E-state index in [0.29, 0.717) is 11.6 Å². The Bertz CT molecular complexity index is 681. The Kier molecular flexibility index (Phi) is 6.54. The fourth-order valence-electron chi connectivity index (χ4n) is 2.12. The van der Waals surface area contributed by atoms with Crippen LogP contribution in [0.25, 0.3) is 0 Å². The first-order chi connectivity index (χ1) is 11.5. The third kappa shape index (κ3) is 4.92. The summed E-state index contributed by atoms with van der Waals surface area (Å²) in [6, 6.07) is 9.22. The van der Waals surface area contributed by atoms with E-state index in [2.05, 4.69) is 5.32 Å². The van der Waals surface area contributed by atoms with Gasteiger partial charge in [-0.15, -0.1) is 0 Å². The summed E-state index contributed by atoms with van der Waals surface area (Å²) in [5.41, 5.74) is 1.22. The topological polar surface area (TPSA) is 78.8 Å². The van der Waals surface area contributed by atoms with Gasteiger partial charge < -0.3 is 20.3 Å². The van der Waals surface area contributed by atoms with Crippen LogP contribution in [0.1, 0.15) is 16.7 Å². The summed E-state index contributed by atoms with van der Waals surface area (Å²) in [5, 5.41) is 21.8. The first-order valence-corrected chi connectivity index (χ1v) is 7.58. The lowest BCUT2D eigenvalue weighted by Gasteiger charge is -2.14. The van der Waals surface area contributed by atoms with E-state index in [0.717, 1.165) is 17.7 Å². The van der Waals surface area contributed by atoms with E-state index < -0.39 is 19.0 Å². The van der Waals surface area contributed by atoms with Gasteiger partial charge in [0.2, 0.25) is 0 Å². The Morgan fingerprint density at radius 2 is 1.71 bits per heavy atom. The lowest BCUT2D eigenvalue weighted by atomic mass is 10.1. The van der Waals surface area contributed by atoms with Crippen LogP contribution in [0.3, 0.4) is 0 Å². The summed E-state index contributed by atoms with van der Waals surface area (Å²) in [5.74, 6) is -0.868. The fraction of sp³-hybridized carbons (Fsp3) is 0.235. The molecular formula is C17H17ClFNO4. The maximum Gasteiger partial charge on any atom is 0.258 e. The van der Waals surface area contributed by atoms with Gasteiger partial charge in [0.25, 0.3) is 5.91 Å². The molecule has 5 nitrogen and oxygen atoms in total. The predicted molar refractivity (Wildman–Crippen MR) is 87.0 cm³/mol. The molecule has 0 fully saturated rings. The lowest BCUT2D eigenvalue weighted by molar-refractivity contribution is -0.123. The molecule has 3 N–H and O–H groups in total. The molecule has 0 saturated heterocycles. The average Bonchev–Trinajstić information content (AvgIpc) is 2.59. The number of benzene rings is 2. The number of carbonyl (C=O) groups excluding carboxylic acids is 1. The molecule has 2 aromatic rings. The molecule has 0 heterocycles. The van der Waals surface area contributed by atoms with Gasteiger partial charge in [0.1, 0.15) is 11.6 Å². The van der Waals surface area contributed by atoms with Crippen LogP contribution >= 0.6 is 11.6 Å². The number of halogens is 2. The Morgan fingerprint density at radius 1 is 1.12 bits per heavy atom. The minimum absolute atomic E-state index is 0.114. The second-order valence-electron chi connectivity index (χ2n) is 5.06. The molecule has 7 heteroatoms. The van der Waals surface area contributed by atoms with Gasteiger partial charge in [0.15, 0.2) is 6.61 Å². The standard InChI is InChI=1S/C17H17ClFNO4/c18-14-3-1-11(2-4-14)7-20-16(23)10-24-17-12(8-21)5-15(19)6-13(17)9-22/h1-6,21-22H,7-10H2,(H,20,23). The molecule has 1 amide bonds. The number of nitrogens with one attached hydrogen (secondary N) is 1. The highest BCUT2D eigenvalue weighted by Gasteiger charge is 2.13. The number of carbonyl (C=O) groups is 1. The number of aliphatic hydroxyl groups excluding tert-OH is 2. The van der Waals surface area contributed by atoms with E-state index in [4.69, 9.17) is 16.3 Å². The van der Waals surface area contributed by atoms with Crippen molar-refractivity contribution < 1.29 is 24.1 Å². The number of ether oxygens (including phenoxy) is 1. The Hall–Kier alpha value is -2.15. The van der Waals surface area contributed by atoms with E-state index in [1.54, 1.807) is 24.3 Å². The summed E-state index contributed by atoms with van der Waals surface area (Å²) in [7, 11) is 0. The summed E-state index contributed by atoms with van der Waals surface area (Å²) < 4.78 is 18.7. The highest BCUT2D eigenvalue weighted by molar-refractivity contribution is 6.30. The predicted octanol–water partition coefficient (Wildman–Crippen LogP) is 2.16. The van der Waals surface area contributed by atoms with Gasteiger partial charge in [-0.1, -0.05) is 23.7 Å². The molecule has 0 spiro atoms. The van der Waals surface area contributed by atoms with E-state index in [9.17, 15) is 19.4 Å². The third-order valence-electron chi connectivity index (χ3n) is 3.30. The zero-order valence-corrected chi connectivity index (χ0v) is 13.5. The first kappa shape index (κ1) is 18.2. The van der Waals surface area contributed by atoms with Crippen molar-refractivity contribution in [3.05, 3.63) is 63.9 Å². The Labute approximate surface area is 143 Å². The van der Waals surface area contributed by atoms with Gasteiger partial charge in [0, 0.05) is 22.7 Å². The summed E-state index contributed by atoms with van der Waals surface area (Å²) >= 11 is 5.79. The SMILES string of the molecule is O=C(COc1c(CO)cc(F)cc1CO)NCc1ccc(Cl)cc1. The zero-order valence-electron chi connectivity index (χ0n) is 12.8. The van der Waals surface area contributed by atoms with Gasteiger partial charge in [-0.25, -0.2) is 4.39 Å². The average molecular weight is 354 g/mol. The van der Waals surface area contributed by atoms with Gasteiger partial charge in [-0.05, 0) is 29.8 Å². The number of hydrogen-bond donors (Lipinski definition) is 3. The minimum atomic E-state index is -0.595. The van der Waals surface area contributed by atoms with Crippen molar-refractivity contribution in [2.75, 3.05) is 6.61 Å². The van der Waals surface area contributed by atoms with Crippen LogP contribution < -0.4 is 10.1 Å². The molecule has 2 aromatic carbocycles. The van der Waals surface area contributed by atoms with E-state index in [-0.39, 0.29) is 29.4 Å². The van der Waals surface area contributed by atoms with Crippen molar-refractivity contribution in [1.82, 2.24) is 5.32 Å². The van der Waals surface area contributed by atoms with Crippen molar-refractivity contribution in [1.29, 1.82) is 0 Å². The van der Waals surface area contributed by atoms with Crippen molar-refractivity contribution in [2.24, 2.45) is 0 Å². The molecule has 128 valence electrons. The minimum Gasteiger partial charge on any atom is -0.483 e. The molecule has 0 atom stereocenters. The van der Waals surface area contributed by atoms with E-state index in [1.807, 2.05) is 0 Å². The molecule has 0 unspecified atom stereocenters. The molecule has 24 heavy (non-hydrogen) atoms. The van der Waals surface area contributed by atoms with Crippen LogP contribution in [0, 0.1) is 5.82 Å². The number of hydrogen-bond acceptors (Lipinski definition) is 4. The van der Waals surface area contributed by atoms with Crippen LogP contribution in [0.15, 0.2) is 36.4 Å². The monoisotopic (exact) mass is 353 g/mol. The Morgan fingerprint density at radius 3 is 2.25 bits per heavy atom. The molecule has 2 rings (SSSR count). The molecule has 0 aromatic heterocycles. The number of rotatable bonds is 7. The molecule has 0 aliphatic heterocycles. The highest BCUT2D eigenvalue weighted by atomic mass is 35.5. The van der Waals surface area contributed by atoms with Crippen molar-refractivity contribution in [2.45, 2.75) is 19.8 Å². The lowest BCUT2D eigenvalue weighted by Crippen LogP contribution is -2.28. The smallest absolute Gasteiger partial charge is 0.258 e. The molecule has 0 bridgehead atoms. The van der Waals surface area contributed by atoms with E-state index >= 15 is 0 Å². The number of aliphatic hydroxyl groups is 2. The van der Waals surface area contributed by atoms with Gasteiger partial charge in [-0.3, -0.25) is 4.79 Å². The zero-order chi connectivity index (χ0) is 17.5. The quantitative estimate of drug-likeness (QED) is 0.712. The van der Waals surface area contributed by atoms with Crippen LogP contribution in [-0.4, -0.2) is 22.7 Å². The molecule has 0 radical (unpaired) electrons. The van der Waals surface area contributed by atoms with Crippen molar-refractivity contribution >= 4 is 17.5 Å². The molecule has 0 aliphatic carbocycles. The van der Waals surface area contributed by atoms with Crippen LogP contribution in [0.4, 0.5) is 4.39 Å². The summed E-state index contributed by atoms with van der Waals surface area (Å²) in [6.45, 7) is -0.944. The second-order valence-corrected chi connectivity index (χ2v) is 5.50. The van der Waals surface area contributed by atoms with Crippen LogP contribution in [-0.2, 0) is 24.6 Å². The molecule has 0 saturated carbocycles. The largest absolute Gasteiger partial charge is 0.483 e. The van der Waals surface area contributed by atoms with Crippen LogP contribution in [0.2, 0.25) is 5.02 Å². The fourth-order valence-corrected chi connectivity index (χ4v) is 2.25. The Balaban J connectivity index is 1.95. The maximum atomic E-state index is 13.4. The summed E-state index contributed by atoms with van der Waals surface area (Å²) in [6.07, 6.45) is 0. The first-order valence-electron chi connectivity index (χ1n) is 7.20. The van der Waals surface area contributed by atoms with E-state index in [1.165, 1.54) is 0 Å². The number of amides is 1. The van der Waals surface area contributed by atoms with Crippen molar-refractivity contribution in [3.8, 4) is 5.75 Å². The third-order valence-corrected chi connectivity index (χ3v) is 3.55. The molecular weight excluding hydrogens is 337 g/mol. The second kappa shape index (κ2) is 8.63. The van der Waals surface area contributed by atoms with Gasteiger partial charge in [0.05, 0.1) is 13.2 Å². The normalized spacial score (nSPS) is 10.5. The highest BCUT2D eigenvalue weighted by Crippen LogP contribution is 2.26. The maximum absolute atomic E-state index is 13.4. The van der Waals surface area contributed by atoms with Gasteiger partial charge in [-0.2, -0.15) is 0 Å².